The van der Waals surface area contributed by atoms with E-state index < -0.39 is 13.5 Å². The van der Waals surface area contributed by atoms with Crippen LogP contribution in [0.15, 0.2) is 243 Å². The van der Waals surface area contributed by atoms with Gasteiger partial charge in [0.05, 0.1) is 16.8 Å². The molecule has 0 saturated carbocycles. The summed E-state index contributed by atoms with van der Waals surface area (Å²) in [5, 5.41) is 5.55. The molecule has 9 aromatic rings. The second-order valence-electron chi connectivity index (χ2n) is 15.2. The summed E-state index contributed by atoms with van der Waals surface area (Å²) in [6, 6.07) is 90.1. The number of hydrogen-bond donors (Lipinski definition) is 0. The smallest absolute Gasteiger partial charge is 0.184 e. The molecule has 2 heterocycles. The molecule has 274 valence electrons. The molecule has 0 amide bonds. The van der Waals surface area contributed by atoms with Gasteiger partial charge in [0.2, 0.25) is 0 Å². The van der Waals surface area contributed by atoms with Gasteiger partial charge in [-0.25, -0.2) is 0 Å². The summed E-state index contributed by atoms with van der Waals surface area (Å²) in [5.74, 6) is 0. The highest BCUT2D eigenvalue weighted by Gasteiger charge is 2.50. The van der Waals surface area contributed by atoms with Crippen LogP contribution in [0, 0.1) is 0 Å². The summed E-state index contributed by atoms with van der Waals surface area (Å²) in [6.45, 7) is 0. The van der Waals surface area contributed by atoms with Gasteiger partial charge in [-0.1, -0.05) is 194 Å². The average Bonchev–Trinajstić information content (AvgIpc) is 3.31. The molecule has 0 aliphatic carbocycles. The fraction of sp³-hybridized carbons (Fsp3) is 0.0182. The number of fused-ring (bicyclic) bond motifs is 4. The Morgan fingerprint density at radius 1 is 0.293 bits per heavy atom. The standard InChI is InChI=1S/C55H40N2Si/c1-5-22-41(23-6-1)55(47-32-13-15-34-49(47)56(43-25-7-2-8-26-43)50-35-16-14-33-48(50)55)42-24-21-27-44(40-42)57-51-36-17-19-38-53(51)58(45-28-9-3-10-29-45,46-30-11-4-12-31-46)54-39-20-18-37-52(54)57/h1-40H. The highest BCUT2D eigenvalue weighted by Crippen LogP contribution is 2.58. The van der Waals surface area contributed by atoms with Crippen molar-refractivity contribution in [2.24, 2.45) is 0 Å². The predicted octanol–water partition coefficient (Wildman–Crippen LogP) is 11.0. The van der Waals surface area contributed by atoms with E-state index in [1.54, 1.807) is 0 Å². The van der Waals surface area contributed by atoms with Gasteiger partial charge >= 0.3 is 0 Å². The molecule has 0 N–H and O–H groups in total. The molecule has 11 rings (SSSR count). The summed E-state index contributed by atoms with van der Waals surface area (Å²) >= 11 is 0. The molecule has 3 heteroatoms. The number of para-hydroxylation sites is 5. The average molecular weight is 757 g/mol. The second-order valence-corrected chi connectivity index (χ2v) is 19.0. The van der Waals surface area contributed by atoms with Crippen LogP contribution in [-0.2, 0) is 5.41 Å². The Labute approximate surface area is 341 Å². The predicted molar refractivity (Wildman–Crippen MR) is 245 cm³/mol. The van der Waals surface area contributed by atoms with Crippen molar-refractivity contribution >= 4 is 62.9 Å². The second kappa shape index (κ2) is 13.8. The van der Waals surface area contributed by atoms with Crippen LogP contribution >= 0.6 is 0 Å². The summed E-state index contributed by atoms with van der Waals surface area (Å²) in [5.41, 5.74) is 11.4. The van der Waals surface area contributed by atoms with E-state index in [-0.39, 0.29) is 0 Å². The third kappa shape index (κ3) is 4.90. The molecule has 0 atom stereocenters. The quantitative estimate of drug-likeness (QED) is 0.156. The monoisotopic (exact) mass is 756 g/mol. The lowest BCUT2D eigenvalue weighted by molar-refractivity contribution is 0.731. The van der Waals surface area contributed by atoms with E-state index in [9.17, 15) is 0 Å². The van der Waals surface area contributed by atoms with Gasteiger partial charge in [0.25, 0.3) is 0 Å². The maximum atomic E-state index is 2.53. The summed E-state index contributed by atoms with van der Waals surface area (Å²) in [4.78, 5) is 4.96. The lowest BCUT2D eigenvalue weighted by Crippen LogP contribution is -2.77. The number of anilines is 6. The van der Waals surface area contributed by atoms with Crippen LogP contribution in [0.25, 0.3) is 0 Å². The van der Waals surface area contributed by atoms with Crippen molar-refractivity contribution in [3.8, 4) is 0 Å². The van der Waals surface area contributed by atoms with Crippen molar-refractivity contribution in [1.29, 1.82) is 0 Å². The molecule has 9 aromatic carbocycles. The van der Waals surface area contributed by atoms with Crippen LogP contribution in [-0.4, -0.2) is 8.07 Å². The molecule has 0 fully saturated rings. The molecule has 2 aliphatic heterocycles. The van der Waals surface area contributed by atoms with Crippen LogP contribution in [0.1, 0.15) is 22.3 Å². The molecule has 0 saturated heterocycles. The minimum atomic E-state index is -2.75. The normalized spacial score (nSPS) is 14.4. The first-order valence-electron chi connectivity index (χ1n) is 20.1. The van der Waals surface area contributed by atoms with Crippen molar-refractivity contribution in [3.63, 3.8) is 0 Å². The van der Waals surface area contributed by atoms with Crippen LogP contribution < -0.4 is 30.5 Å². The number of benzene rings is 9. The Morgan fingerprint density at radius 2 is 0.672 bits per heavy atom. The van der Waals surface area contributed by atoms with Crippen LogP contribution in [0.2, 0.25) is 0 Å². The van der Waals surface area contributed by atoms with Gasteiger partial charge in [0.15, 0.2) is 8.07 Å². The highest BCUT2D eigenvalue weighted by atomic mass is 28.3. The largest absolute Gasteiger partial charge is 0.311 e. The molecule has 0 unspecified atom stereocenters. The van der Waals surface area contributed by atoms with E-state index in [0.29, 0.717) is 0 Å². The molecule has 2 aliphatic rings. The minimum Gasteiger partial charge on any atom is -0.311 e. The number of rotatable bonds is 6. The van der Waals surface area contributed by atoms with E-state index in [1.807, 2.05) is 0 Å². The maximum absolute atomic E-state index is 2.75. The fourth-order valence-corrected chi connectivity index (χ4v) is 15.2. The molecular formula is C55H40N2Si. The lowest BCUT2D eigenvalue weighted by atomic mass is 9.62. The van der Waals surface area contributed by atoms with E-state index in [0.717, 1.165) is 11.4 Å². The summed E-state index contributed by atoms with van der Waals surface area (Å²) in [6.07, 6.45) is 0. The highest BCUT2D eigenvalue weighted by molar-refractivity contribution is 7.21. The molecule has 58 heavy (non-hydrogen) atoms. The zero-order valence-corrected chi connectivity index (χ0v) is 33.0. The van der Waals surface area contributed by atoms with Crippen LogP contribution in [0.4, 0.5) is 34.1 Å². The number of nitrogens with zero attached hydrogens (tertiary/aromatic N) is 2. The van der Waals surface area contributed by atoms with Crippen LogP contribution in [0.5, 0.6) is 0 Å². The third-order valence-electron chi connectivity index (χ3n) is 12.4. The van der Waals surface area contributed by atoms with E-state index in [4.69, 9.17) is 0 Å². The first-order valence-corrected chi connectivity index (χ1v) is 22.1. The fourth-order valence-electron chi connectivity index (χ4n) is 10.1. The summed E-state index contributed by atoms with van der Waals surface area (Å²) < 4.78 is 0. The first-order chi connectivity index (χ1) is 28.8. The van der Waals surface area contributed by atoms with Crippen molar-refractivity contribution in [3.05, 3.63) is 265 Å². The topological polar surface area (TPSA) is 6.48 Å². The van der Waals surface area contributed by atoms with Crippen molar-refractivity contribution in [1.82, 2.24) is 0 Å². The van der Waals surface area contributed by atoms with E-state index >= 15 is 0 Å². The van der Waals surface area contributed by atoms with E-state index in [1.165, 1.54) is 65.8 Å². The third-order valence-corrected chi connectivity index (χ3v) is 17.2. The summed E-state index contributed by atoms with van der Waals surface area (Å²) in [7, 11) is -2.75. The number of hydrogen-bond acceptors (Lipinski definition) is 2. The minimum absolute atomic E-state index is 0.614. The molecule has 0 spiro atoms. The maximum Gasteiger partial charge on any atom is 0.184 e. The molecule has 2 nitrogen and oxygen atoms in total. The van der Waals surface area contributed by atoms with Crippen molar-refractivity contribution in [2.75, 3.05) is 9.80 Å². The molecular weight excluding hydrogens is 717 g/mol. The molecule has 0 aromatic heterocycles. The van der Waals surface area contributed by atoms with Gasteiger partial charge < -0.3 is 9.80 Å². The van der Waals surface area contributed by atoms with Gasteiger partial charge in [0, 0.05) is 22.7 Å². The zero-order chi connectivity index (χ0) is 38.5. The van der Waals surface area contributed by atoms with Gasteiger partial charge in [-0.15, -0.1) is 0 Å². The molecule has 0 bridgehead atoms. The van der Waals surface area contributed by atoms with Crippen molar-refractivity contribution in [2.45, 2.75) is 5.41 Å². The van der Waals surface area contributed by atoms with Gasteiger partial charge in [-0.3, -0.25) is 0 Å². The van der Waals surface area contributed by atoms with Gasteiger partial charge in [0.1, 0.15) is 0 Å². The van der Waals surface area contributed by atoms with E-state index in [2.05, 4.69) is 252 Å². The Bertz CT molecular complexity index is 2770. The Morgan fingerprint density at radius 3 is 1.21 bits per heavy atom. The lowest BCUT2D eigenvalue weighted by Gasteiger charge is -2.47. The van der Waals surface area contributed by atoms with Gasteiger partial charge in [-0.2, -0.15) is 0 Å². The zero-order valence-electron chi connectivity index (χ0n) is 32.0. The SMILES string of the molecule is c1ccc(N2c3ccccc3C(c3ccccc3)(c3cccc(N4c5ccccc5[Si](c5ccccc5)(c5ccccc5)c5ccccc54)c3)c3ccccc32)cc1. The Hall–Kier alpha value is -7.20. The van der Waals surface area contributed by atoms with Crippen molar-refractivity contribution < 1.29 is 0 Å². The Kier molecular flexibility index (Phi) is 8.09. The first kappa shape index (κ1) is 34.1. The van der Waals surface area contributed by atoms with Gasteiger partial charge in [-0.05, 0) is 91.5 Å². The Balaban J connectivity index is 1.19. The van der Waals surface area contributed by atoms with Crippen LogP contribution in [0.3, 0.4) is 0 Å². The molecule has 0 radical (unpaired) electrons.